The molecule has 90 valence electrons. The van der Waals surface area contributed by atoms with E-state index in [0.717, 1.165) is 19.4 Å². The molecule has 0 aromatic carbocycles. The SMILES string of the molecule is CCC(C)(C)C(=O)NCCc1ccc(I)s1. The van der Waals surface area contributed by atoms with Gasteiger partial charge < -0.3 is 5.32 Å². The number of hydrogen-bond donors (Lipinski definition) is 1. The highest BCUT2D eigenvalue weighted by Crippen LogP contribution is 2.20. The third-order valence-electron chi connectivity index (χ3n) is 2.78. The van der Waals surface area contributed by atoms with Gasteiger partial charge in [-0.05, 0) is 47.6 Å². The maximum Gasteiger partial charge on any atom is 0.225 e. The van der Waals surface area contributed by atoms with E-state index in [1.165, 1.54) is 7.76 Å². The summed E-state index contributed by atoms with van der Waals surface area (Å²) >= 11 is 4.10. The molecule has 0 saturated carbocycles. The minimum atomic E-state index is -0.246. The number of thiophene rings is 1. The average Bonchev–Trinajstić information content (AvgIpc) is 2.64. The number of halogens is 1. The second-order valence-corrected chi connectivity index (χ2v) is 7.51. The van der Waals surface area contributed by atoms with Crippen LogP contribution in [0.2, 0.25) is 0 Å². The highest BCUT2D eigenvalue weighted by molar-refractivity contribution is 14.1. The summed E-state index contributed by atoms with van der Waals surface area (Å²) in [6.45, 7) is 6.74. The smallest absolute Gasteiger partial charge is 0.225 e. The molecule has 1 N–H and O–H groups in total. The fraction of sp³-hybridized carbons (Fsp3) is 0.583. The van der Waals surface area contributed by atoms with E-state index in [4.69, 9.17) is 0 Å². The van der Waals surface area contributed by atoms with Gasteiger partial charge in [-0.15, -0.1) is 11.3 Å². The van der Waals surface area contributed by atoms with Crippen LogP contribution in [-0.2, 0) is 11.2 Å². The second kappa shape index (κ2) is 6.00. The van der Waals surface area contributed by atoms with Gasteiger partial charge in [0.1, 0.15) is 0 Å². The third-order valence-corrected chi connectivity index (χ3v) is 4.74. The number of amides is 1. The van der Waals surface area contributed by atoms with E-state index in [-0.39, 0.29) is 11.3 Å². The van der Waals surface area contributed by atoms with Crippen molar-refractivity contribution in [3.8, 4) is 0 Å². The zero-order valence-electron chi connectivity index (χ0n) is 9.97. The number of nitrogens with one attached hydrogen (secondary N) is 1. The Morgan fingerprint density at radius 2 is 2.19 bits per heavy atom. The Morgan fingerprint density at radius 1 is 1.50 bits per heavy atom. The van der Waals surface area contributed by atoms with E-state index >= 15 is 0 Å². The van der Waals surface area contributed by atoms with Gasteiger partial charge in [0, 0.05) is 16.8 Å². The average molecular weight is 351 g/mol. The monoisotopic (exact) mass is 351 g/mol. The number of rotatable bonds is 5. The van der Waals surface area contributed by atoms with Crippen molar-refractivity contribution in [1.82, 2.24) is 5.32 Å². The number of hydrogen-bond acceptors (Lipinski definition) is 2. The van der Waals surface area contributed by atoms with Gasteiger partial charge in [-0.1, -0.05) is 20.8 Å². The van der Waals surface area contributed by atoms with Crippen molar-refractivity contribution >= 4 is 39.8 Å². The van der Waals surface area contributed by atoms with Crippen LogP contribution in [0.25, 0.3) is 0 Å². The Hall–Kier alpha value is -0.100. The molecule has 0 radical (unpaired) electrons. The Labute approximate surface area is 115 Å². The van der Waals surface area contributed by atoms with Gasteiger partial charge in [-0.25, -0.2) is 0 Å². The summed E-state index contributed by atoms with van der Waals surface area (Å²) in [5, 5.41) is 3.00. The summed E-state index contributed by atoms with van der Waals surface area (Å²) in [6.07, 6.45) is 1.80. The maximum absolute atomic E-state index is 11.8. The van der Waals surface area contributed by atoms with Gasteiger partial charge in [-0.3, -0.25) is 4.79 Å². The highest BCUT2D eigenvalue weighted by atomic mass is 127. The van der Waals surface area contributed by atoms with Crippen LogP contribution in [0, 0.1) is 8.30 Å². The maximum atomic E-state index is 11.8. The molecule has 16 heavy (non-hydrogen) atoms. The van der Waals surface area contributed by atoms with Crippen LogP contribution in [0.3, 0.4) is 0 Å². The van der Waals surface area contributed by atoms with E-state index in [9.17, 15) is 4.79 Å². The minimum Gasteiger partial charge on any atom is -0.355 e. The Kier molecular flexibility index (Phi) is 5.24. The van der Waals surface area contributed by atoms with Crippen LogP contribution in [0.15, 0.2) is 12.1 Å². The fourth-order valence-corrected chi connectivity index (χ4v) is 2.94. The first-order valence-electron chi connectivity index (χ1n) is 5.48. The largest absolute Gasteiger partial charge is 0.355 e. The minimum absolute atomic E-state index is 0.154. The van der Waals surface area contributed by atoms with Crippen LogP contribution >= 0.6 is 33.9 Å². The third kappa shape index (κ3) is 4.05. The summed E-state index contributed by atoms with van der Waals surface area (Å²) in [5.74, 6) is 0.154. The van der Waals surface area contributed by atoms with E-state index in [2.05, 4.69) is 40.0 Å². The lowest BCUT2D eigenvalue weighted by Gasteiger charge is -2.21. The molecule has 1 amide bonds. The van der Waals surface area contributed by atoms with Crippen LogP contribution in [-0.4, -0.2) is 12.5 Å². The predicted molar refractivity (Wildman–Crippen MR) is 77.8 cm³/mol. The Bertz CT molecular complexity index is 360. The topological polar surface area (TPSA) is 29.1 Å². The van der Waals surface area contributed by atoms with Crippen molar-refractivity contribution in [2.45, 2.75) is 33.6 Å². The first kappa shape index (κ1) is 14.0. The van der Waals surface area contributed by atoms with E-state index in [1.807, 2.05) is 20.8 Å². The summed E-state index contributed by atoms with van der Waals surface area (Å²) < 4.78 is 1.30. The van der Waals surface area contributed by atoms with Crippen LogP contribution in [0.1, 0.15) is 32.1 Å². The van der Waals surface area contributed by atoms with Gasteiger partial charge in [0.25, 0.3) is 0 Å². The summed E-state index contributed by atoms with van der Waals surface area (Å²) in [6, 6.07) is 4.24. The molecule has 0 aliphatic carbocycles. The molecule has 4 heteroatoms. The molecule has 1 heterocycles. The summed E-state index contributed by atoms with van der Waals surface area (Å²) in [7, 11) is 0. The molecule has 0 unspecified atom stereocenters. The molecule has 0 atom stereocenters. The molecular weight excluding hydrogens is 333 g/mol. The Morgan fingerprint density at radius 3 is 2.69 bits per heavy atom. The van der Waals surface area contributed by atoms with E-state index in [0.29, 0.717) is 0 Å². The second-order valence-electron chi connectivity index (χ2n) is 4.45. The van der Waals surface area contributed by atoms with E-state index < -0.39 is 0 Å². The molecule has 0 fully saturated rings. The van der Waals surface area contributed by atoms with Crippen molar-refractivity contribution in [2.75, 3.05) is 6.54 Å². The van der Waals surface area contributed by atoms with Crippen molar-refractivity contribution in [2.24, 2.45) is 5.41 Å². The standard InChI is InChI=1S/C12H18INOS/c1-4-12(2,3)11(15)14-8-7-9-5-6-10(13)16-9/h5-6H,4,7-8H2,1-3H3,(H,14,15). The quantitative estimate of drug-likeness (QED) is 0.809. The van der Waals surface area contributed by atoms with Gasteiger partial charge in [0.05, 0.1) is 2.88 Å². The molecule has 0 aliphatic rings. The van der Waals surface area contributed by atoms with Crippen molar-refractivity contribution in [3.05, 3.63) is 19.9 Å². The van der Waals surface area contributed by atoms with Gasteiger partial charge in [0.2, 0.25) is 5.91 Å². The lowest BCUT2D eigenvalue weighted by molar-refractivity contribution is -0.129. The van der Waals surface area contributed by atoms with Gasteiger partial charge in [0.15, 0.2) is 0 Å². The van der Waals surface area contributed by atoms with Crippen molar-refractivity contribution in [1.29, 1.82) is 0 Å². The lowest BCUT2D eigenvalue weighted by atomic mass is 9.89. The molecule has 1 rings (SSSR count). The molecule has 2 nitrogen and oxygen atoms in total. The first-order valence-corrected chi connectivity index (χ1v) is 7.38. The van der Waals surface area contributed by atoms with Crippen LogP contribution < -0.4 is 5.32 Å². The Balaban J connectivity index is 2.33. The van der Waals surface area contributed by atoms with Crippen LogP contribution in [0.4, 0.5) is 0 Å². The summed E-state index contributed by atoms with van der Waals surface area (Å²) in [4.78, 5) is 13.1. The molecule has 1 aromatic rings. The van der Waals surface area contributed by atoms with Crippen molar-refractivity contribution < 1.29 is 4.79 Å². The molecule has 1 aromatic heterocycles. The number of carbonyl (C=O) groups is 1. The highest BCUT2D eigenvalue weighted by Gasteiger charge is 2.24. The van der Waals surface area contributed by atoms with Crippen molar-refractivity contribution in [3.63, 3.8) is 0 Å². The molecule has 0 spiro atoms. The predicted octanol–water partition coefficient (Wildman–Crippen LogP) is 3.45. The normalized spacial score (nSPS) is 11.5. The zero-order valence-corrected chi connectivity index (χ0v) is 12.9. The van der Waals surface area contributed by atoms with Gasteiger partial charge in [-0.2, -0.15) is 0 Å². The van der Waals surface area contributed by atoms with Crippen LogP contribution in [0.5, 0.6) is 0 Å². The molecule has 0 bridgehead atoms. The molecule has 0 aliphatic heterocycles. The molecular formula is C12H18INOS. The number of carbonyl (C=O) groups excluding carboxylic acids is 1. The molecule has 0 saturated heterocycles. The fourth-order valence-electron chi connectivity index (χ4n) is 1.19. The van der Waals surface area contributed by atoms with Gasteiger partial charge >= 0.3 is 0 Å². The first-order chi connectivity index (χ1) is 7.45. The zero-order chi connectivity index (χ0) is 12.2. The van der Waals surface area contributed by atoms with E-state index in [1.54, 1.807) is 11.3 Å². The summed E-state index contributed by atoms with van der Waals surface area (Å²) in [5.41, 5.74) is -0.246. The lowest BCUT2D eigenvalue weighted by Crippen LogP contribution is -2.37.